The molecule has 2 saturated carbocycles. The summed E-state index contributed by atoms with van der Waals surface area (Å²) in [7, 11) is 0. The van der Waals surface area contributed by atoms with Gasteiger partial charge in [-0.1, -0.05) is 168 Å². The number of allylic oxidation sites excluding steroid dienone is 10. The van der Waals surface area contributed by atoms with Crippen LogP contribution in [0.4, 0.5) is 5.00 Å². The van der Waals surface area contributed by atoms with Crippen molar-refractivity contribution in [1.82, 2.24) is 4.90 Å². The lowest BCUT2D eigenvalue weighted by atomic mass is 9.30. The van der Waals surface area contributed by atoms with Gasteiger partial charge in [-0.15, -0.1) is 11.3 Å². The number of thiophene rings is 1. The summed E-state index contributed by atoms with van der Waals surface area (Å²) in [6, 6.07) is 17.3. The molecule has 3 aromatic rings. The highest BCUT2D eigenvalue weighted by atomic mass is 32.1. The highest BCUT2D eigenvalue weighted by Crippen LogP contribution is 2.62. The second kappa shape index (κ2) is 15.5. The van der Waals surface area contributed by atoms with Crippen molar-refractivity contribution in [2.24, 2.45) is 44.8 Å². The van der Waals surface area contributed by atoms with Gasteiger partial charge >= 0.3 is 0 Å². The fraction of sp³-hybridized carbons (Fsp3) is 0.538. The standard InChI is InChI=1S/C65H81BN2S/c1-38-30-55-59-56(31-38)68(53-25-22-42(61(4,5)6)32-46(53)41-18-16-15-17-19-41)54-37-51-50(64(11,12)28-29-65(51,13)14)36-52(54)66(59)58-47-34-44-39(2)20-21-40(3)45(44)35-57(47)69-60(58)67(55)43-23-24-48-49(33-43)63(9,10)27-26-62(48,7)8/h15-19,22-24,31-36,39-40,48-49,51,53,55H,20-21,25-30,37H2,1-14H3/t39-,40?,48?,49?,51?,53?,55?/m1/s1. The van der Waals surface area contributed by atoms with Crippen LogP contribution in [-0.2, 0) is 0 Å². The summed E-state index contributed by atoms with van der Waals surface area (Å²) in [6.07, 6.45) is 29.7. The maximum Gasteiger partial charge on any atom is 0.248 e. The number of fused-ring (bicyclic) bond motifs is 8. The van der Waals surface area contributed by atoms with Crippen molar-refractivity contribution >= 4 is 44.2 Å². The summed E-state index contributed by atoms with van der Waals surface area (Å²) in [4.78, 5) is 5.94. The van der Waals surface area contributed by atoms with Crippen LogP contribution in [0.1, 0.15) is 183 Å². The molecule has 0 amide bonds. The molecule has 2 nitrogen and oxygen atoms in total. The average molecular weight is 933 g/mol. The van der Waals surface area contributed by atoms with Crippen molar-refractivity contribution in [3.05, 3.63) is 146 Å². The van der Waals surface area contributed by atoms with E-state index in [1.54, 1.807) is 38.8 Å². The molecule has 7 atom stereocenters. The monoisotopic (exact) mass is 933 g/mol. The fourth-order valence-corrected chi connectivity index (χ4v) is 17.0. The van der Waals surface area contributed by atoms with Gasteiger partial charge in [-0.05, 0) is 189 Å². The van der Waals surface area contributed by atoms with E-state index in [1.807, 2.05) is 0 Å². The predicted octanol–water partition coefficient (Wildman–Crippen LogP) is 17.2. The van der Waals surface area contributed by atoms with E-state index in [0.717, 1.165) is 19.3 Å². The summed E-state index contributed by atoms with van der Waals surface area (Å²) < 4.78 is 1.50. The van der Waals surface area contributed by atoms with Crippen LogP contribution < -0.4 is 10.4 Å². The van der Waals surface area contributed by atoms with Gasteiger partial charge in [0.2, 0.25) is 6.71 Å². The minimum atomic E-state index is 0.0635. The van der Waals surface area contributed by atoms with E-state index in [0.29, 0.717) is 29.6 Å². The molecule has 9 aliphatic rings. The Balaban J connectivity index is 1.16. The third kappa shape index (κ3) is 7.03. The van der Waals surface area contributed by atoms with Crippen LogP contribution >= 0.6 is 11.3 Å². The van der Waals surface area contributed by atoms with Gasteiger partial charge in [0.05, 0.1) is 17.1 Å². The van der Waals surface area contributed by atoms with Crippen LogP contribution in [0.15, 0.2) is 130 Å². The van der Waals surface area contributed by atoms with Crippen LogP contribution in [0.5, 0.6) is 0 Å². The Morgan fingerprint density at radius 2 is 1.42 bits per heavy atom. The van der Waals surface area contributed by atoms with Crippen molar-refractivity contribution in [2.75, 3.05) is 4.90 Å². The average Bonchev–Trinajstić information content (AvgIpc) is 3.67. The van der Waals surface area contributed by atoms with Gasteiger partial charge in [0.1, 0.15) is 0 Å². The molecule has 0 N–H and O–H groups in total. The van der Waals surface area contributed by atoms with E-state index < -0.39 is 0 Å². The molecular weight excluding hydrogens is 852 g/mol. The van der Waals surface area contributed by atoms with Gasteiger partial charge in [0, 0.05) is 21.8 Å². The number of anilines is 1. The molecule has 4 heteroatoms. The molecule has 7 aliphatic carbocycles. The molecule has 0 spiro atoms. The highest BCUT2D eigenvalue weighted by Gasteiger charge is 2.56. The van der Waals surface area contributed by atoms with Gasteiger partial charge in [-0.3, -0.25) is 0 Å². The minimum absolute atomic E-state index is 0.0635. The Labute approximate surface area is 421 Å². The van der Waals surface area contributed by atoms with Gasteiger partial charge < -0.3 is 9.80 Å². The lowest BCUT2D eigenvalue weighted by molar-refractivity contribution is 0.0326. The van der Waals surface area contributed by atoms with Crippen LogP contribution in [0.2, 0.25) is 0 Å². The third-order valence-electron chi connectivity index (χ3n) is 20.3. The molecule has 2 aromatic carbocycles. The van der Waals surface area contributed by atoms with Crippen molar-refractivity contribution in [3.8, 4) is 0 Å². The topological polar surface area (TPSA) is 6.48 Å². The Morgan fingerprint density at radius 1 is 0.739 bits per heavy atom. The van der Waals surface area contributed by atoms with Gasteiger partial charge in [0.25, 0.3) is 0 Å². The first-order valence-corrected chi connectivity index (χ1v) is 28.3. The van der Waals surface area contributed by atoms with Crippen molar-refractivity contribution < 1.29 is 0 Å². The first-order valence-electron chi connectivity index (χ1n) is 27.5. The van der Waals surface area contributed by atoms with Gasteiger partial charge in [-0.25, -0.2) is 0 Å². The molecule has 2 fully saturated rings. The largest absolute Gasteiger partial charge is 0.338 e. The zero-order chi connectivity index (χ0) is 48.5. The first-order chi connectivity index (χ1) is 32.5. The highest BCUT2D eigenvalue weighted by molar-refractivity contribution is 7.25. The smallest absolute Gasteiger partial charge is 0.248 e. The van der Waals surface area contributed by atoms with Crippen LogP contribution in [0.3, 0.4) is 0 Å². The Kier molecular flexibility index (Phi) is 10.3. The molecule has 69 heavy (non-hydrogen) atoms. The zero-order valence-electron chi connectivity index (χ0n) is 44.9. The molecule has 360 valence electrons. The fourth-order valence-electron chi connectivity index (χ4n) is 15.7. The number of hydrogen-bond acceptors (Lipinski definition) is 3. The van der Waals surface area contributed by atoms with Gasteiger partial charge in [-0.2, -0.15) is 0 Å². The normalized spacial score (nSPS) is 31.6. The maximum atomic E-state index is 2.99. The third-order valence-corrected chi connectivity index (χ3v) is 21.5. The summed E-state index contributed by atoms with van der Waals surface area (Å²) in [5, 5.41) is 3.05. The summed E-state index contributed by atoms with van der Waals surface area (Å²) in [5.74, 6) is 2.73. The van der Waals surface area contributed by atoms with Crippen LogP contribution in [0, 0.1) is 44.8 Å². The van der Waals surface area contributed by atoms with Gasteiger partial charge in [0.15, 0.2) is 0 Å². The van der Waals surface area contributed by atoms with E-state index in [1.165, 1.54) is 87.3 Å². The van der Waals surface area contributed by atoms with E-state index in [9.17, 15) is 0 Å². The predicted molar refractivity (Wildman–Crippen MR) is 298 cm³/mol. The number of rotatable bonds is 3. The zero-order valence-corrected chi connectivity index (χ0v) is 45.7. The second-order valence-electron chi connectivity index (χ2n) is 27.6. The Morgan fingerprint density at radius 3 is 2.13 bits per heavy atom. The molecule has 2 aliphatic heterocycles. The van der Waals surface area contributed by atoms with E-state index >= 15 is 0 Å². The number of hydrogen-bond donors (Lipinski definition) is 0. The quantitative estimate of drug-likeness (QED) is 0.242. The van der Waals surface area contributed by atoms with Crippen molar-refractivity contribution in [2.45, 2.75) is 179 Å². The molecule has 3 heterocycles. The number of nitrogens with zero attached hydrogens (tertiary/aromatic N) is 2. The second-order valence-corrected chi connectivity index (χ2v) is 28.7. The summed E-state index contributed by atoms with van der Waals surface area (Å²) in [5.41, 5.74) is 21.1. The Bertz CT molecular complexity index is 2940. The van der Waals surface area contributed by atoms with E-state index in [4.69, 9.17) is 0 Å². The lowest BCUT2D eigenvalue weighted by Crippen LogP contribution is -2.59. The molecular formula is C65H81BN2S. The van der Waals surface area contributed by atoms with E-state index in [2.05, 4.69) is 203 Å². The van der Waals surface area contributed by atoms with Crippen molar-refractivity contribution in [3.63, 3.8) is 0 Å². The first kappa shape index (κ1) is 46.1. The summed E-state index contributed by atoms with van der Waals surface area (Å²) >= 11 is 2.13. The molecule has 0 radical (unpaired) electrons. The molecule has 0 bridgehead atoms. The molecule has 1 aromatic heterocycles. The molecule has 12 rings (SSSR count). The molecule has 0 saturated heterocycles. The Hall–Kier alpha value is -4.02. The SMILES string of the molecule is CC1=CC2=C3B(C4=C(CC5C(=C4)C(C)(C)CCC5(C)C)N2C2CC=C(C(C)(C)C)C=C2c2ccccc2)c2c(sc4cc5c(cc24)[C@H](C)CCC5C)N(C2=CC4C(C=C2)C(C)(C)CCC4(C)C)C3C1. The maximum absolute atomic E-state index is 2.99. The summed E-state index contributed by atoms with van der Waals surface area (Å²) in [6.45, 7) is 35.4. The number of benzene rings is 2. The van der Waals surface area contributed by atoms with E-state index in [-0.39, 0.29) is 45.9 Å². The van der Waals surface area contributed by atoms with Crippen LogP contribution in [0.25, 0.3) is 15.7 Å². The minimum Gasteiger partial charge on any atom is -0.338 e. The molecule has 6 unspecified atom stereocenters. The van der Waals surface area contributed by atoms with Crippen molar-refractivity contribution in [1.29, 1.82) is 0 Å². The van der Waals surface area contributed by atoms with Crippen LogP contribution in [-0.4, -0.2) is 23.7 Å². The lowest BCUT2D eigenvalue weighted by Gasteiger charge is -2.57.